The fourth-order valence-electron chi connectivity index (χ4n) is 2.70. The van der Waals surface area contributed by atoms with Crippen LogP contribution in [0, 0.1) is 0 Å². The molecule has 1 aliphatic heterocycles. The van der Waals surface area contributed by atoms with E-state index in [2.05, 4.69) is 10.7 Å². The molecule has 4 N–H and O–H groups in total. The summed E-state index contributed by atoms with van der Waals surface area (Å²) < 4.78 is 10.8. The number of ether oxygens (including phenoxy) is 2. The Balaban J connectivity index is 1.92. The first-order valence-corrected chi connectivity index (χ1v) is 8.44. The number of piperazine rings is 1. The Bertz CT molecular complexity index is 564. The van der Waals surface area contributed by atoms with Crippen molar-refractivity contribution >= 4 is 11.8 Å². The summed E-state index contributed by atoms with van der Waals surface area (Å²) in [4.78, 5) is 25.6. The highest BCUT2D eigenvalue weighted by Gasteiger charge is 2.31. The number of hydrazine groups is 1. The smallest absolute Gasteiger partial charge is 0.237 e. The Labute approximate surface area is 147 Å². The molecule has 138 valence electrons. The van der Waals surface area contributed by atoms with Crippen molar-refractivity contribution in [3.63, 3.8) is 0 Å². The highest BCUT2D eigenvalue weighted by atomic mass is 16.5. The van der Waals surface area contributed by atoms with E-state index in [0.717, 1.165) is 11.3 Å². The third kappa shape index (κ3) is 6.00. The minimum atomic E-state index is -0.514. The van der Waals surface area contributed by atoms with Crippen molar-refractivity contribution in [3.8, 4) is 5.75 Å². The quantitative estimate of drug-likeness (QED) is 0.246. The average Bonchev–Trinajstić information content (AvgIpc) is 2.63. The van der Waals surface area contributed by atoms with Crippen LogP contribution in [-0.2, 0) is 20.9 Å². The van der Waals surface area contributed by atoms with Crippen LogP contribution in [0.2, 0.25) is 0 Å². The number of rotatable bonds is 9. The molecular weight excluding hydrogens is 324 g/mol. The van der Waals surface area contributed by atoms with Gasteiger partial charge < -0.3 is 14.8 Å². The molecule has 2 amide bonds. The first-order chi connectivity index (χ1) is 12.1. The maximum atomic E-state index is 12.1. The van der Waals surface area contributed by atoms with Crippen LogP contribution in [0.15, 0.2) is 24.3 Å². The molecule has 0 radical (unpaired) electrons. The van der Waals surface area contributed by atoms with Crippen molar-refractivity contribution in [2.75, 3.05) is 32.9 Å². The second kappa shape index (κ2) is 9.97. The predicted octanol–water partition coefficient (Wildman–Crippen LogP) is -0.218. The van der Waals surface area contributed by atoms with Crippen molar-refractivity contribution in [3.05, 3.63) is 29.8 Å². The van der Waals surface area contributed by atoms with Crippen LogP contribution >= 0.6 is 0 Å². The van der Waals surface area contributed by atoms with E-state index >= 15 is 0 Å². The molecule has 0 bridgehead atoms. The first-order valence-electron chi connectivity index (χ1n) is 8.44. The molecule has 1 aromatic rings. The van der Waals surface area contributed by atoms with Crippen LogP contribution in [0.25, 0.3) is 0 Å². The molecule has 0 saturated carbocycles. The standard InChI is InChI=1S/C17H26N4O4/c1-2-24-9-10-25-14-5-3-13(4-6-14)12-21-8-7-19-17(23)15(21)11-16(22)20-18/h3-6,15H,2,7-12,18H2,1H3,(H,19,23)(H,20,22). The summed E-state index contributed by atoms with van der Waals surface area (Å²) in [6.07, 6.45) is 0.0426. The van der Waals surface area contributed by atoms with Crippen molar-refractivity contribution < 1.29 is 19.1 Å². The molecule has 0 aromatic heterocycles. The van der Waals surface area contributed by atoms with E-state index in [1.54, 1.807) is 0 Å². The molecule has 2 rings (SSSR count). The molecule has 1 aromatic carbocycles. The normalized spacial score (nSPS) is 17.8. The molecule has 8 heteroatoms. The fraction of sp³-hybridized carbons (Fsp3) is 0.529. The van der Waals surface area contributed by atoms with Crippen molar-refractivity contribution in [1.82, 2.24) is 15.6 Å². The largest absolute Gasteiger partial charge is 0.491 e. The molecule has 1 unspecified atom stereocenters. The lowest BCUT2D eigenvalue weighted by Crippen LogP contribution is -2.56. The van der Waals surface area contributed by atoms with Gasteiger partial charge in [0, 0.05) is 26.2 Å². The lowest BCUT2D eigenvalue weighted by atomic mass is 10.1. The van der Waals surface area contributed by atoms with Crippen molar-refractivity contribution in [2.45, 2.75) is 25.9 Å². The molecule has 1 atom stereocenters. The summed E-state index contributed by atoms with van der Waals surface area (Å²) in [6, 6.07) is 7.20. The number of hydrogen-bond donors (Lipinski definition) is 3. The predicted molar refractivity (Wildman–Crippen MR) is 92.6 cm³/mol. The second-order valence-corrected chi connectivity index (χ2v) is 5.74. The molecule has 1 saturated heterocycles. The van der Waals surface area contributed by atoms with E-state index in [9.17, 15) is 9.59 Å². The Morgan fingerprint density at radius 3 is 2.80 bits per heavy atom. The van der Waals surface area contributed by atoms with E-state index < -0.39 is 6.04 Å². The monoisotopic (exact) mass is 350 g/mol. The summed E-state index contributed by atoms with van der Waals surface area (Å²) in [7, 11) is 0. The number of amides is 2. The summed E-state index contributed by atoms with van der Waals surface area (Å²) >= 11 is 0. The van der Waals surface area contributed by atoms with Gasteiger partial charge in [-0.3, -0.25) is 19.9 Å². The Hall–Kier alpha value is -2.16. The Kier molecular flexibility index (Phi) is 7.65. The van der Waals surface area contributed by atoms with Crippen LogP contribution in [0.4, 0.5) is 0 Å². The lowest BCUT2D eigenvalue weighted by molar-refractivity contribution is -0.134. The van der Waals surface area contributed by atoms with Gasteiger partial charge in [-0.15, -0.1) is 0 Å². The van der Waals surface area contributed by atoms with E-state index in [0.29, 0.717) is 39.5 Å². The summed E-state index contributed by atoms with van der Waals surface area (Å²) in [5.41, 5.74) is 3.13. The minimum Gasteiger partial charge on any atom is -0.491 e. The number of nitrogens with zero attached hydrogens (tertiary/aromatic N) is 1. The molecule has 8 nitrogen and oxygen atoms in total. The van der Waals surface area contributed by atoms with E-state index in [1.807, 2.05) is 36.1 Å². The topological polar surface area (TPSA) is 106 Å². The van der Waals surface area contributed by atoms with Crippen LogP contribution in [0.3, 0.4) is 0 Å². The summed E-state index contributed by atoms with van der Waals surface area (Å²) in [5.74, 6) is 5.41. The first kappa shape index (κ1) is 19.2. The molecule has 1 aliphatic rings. The van der Waals surface area contributed by atoms with Gasteiger partial charge in [0.1, 0.15) is 12.4 Å². The van der Waals surface area contributed by atoms with Gasteiger partial charge in [-0.25, -0.2) is 5.84 Å². The number of nitrogens with two attached hydrogens (primary N) is 1. The van der Waals surface area contributed by atoms with E-state index in [1.165, 1.54) is 0 Å². The van der Waals surface area contributed by atoms with Crippen molar-refractivity contribution in [1.29, 1.82) is 0 Å². The van der Waals surface area contributed by atoms with Gasteiger partial charge in [-0.2, -0.15) is 0 Å². The fourth-order valence-corrected chi connectivity index (χ4v) is 2.70. The number of hydrogen-bond acceptors (Lipinski definition) is 6. The maximum absolute atomic E-state index is 12.1. The van der Waals surface area contributed by atoms with Gasteiger partial charge in [0.05, 0.1) is 19.1 Å². The zero-order valence-corrected chi connectivity index (χ0v) is 14.5. The van der Waals surface area contributed by atoms with Gasteiger partial charge in [-0.05, 0) is 24.6 Å². The van der Waals surface area contributed by atoms with Crippen LogP contribution < -0.4 is 21.3 Å². The van der Waals surface area contributed by atoms with E-state index in [4.69, 9.17) is 15.3 Å². The van der Waals surface area contributed by atoms with Crippen LogP contribution in [-0.4, -0.2) is 55.7 Å². The van der Waals surface area contributed by atoms with Gasteiger partial charge in [-0.1, -0.05) is 12.1 Å². The van der Waals surface area contributed by atoms with Crippen LogP contribution in [0.5, 0.6) is 5.75 Å². The number of carbonyl (C=O) groups excluding carboxylic acids is 2. The molecule has 25 heavy (non-hydrogen) atoms. The van der Waals surface area contributed by atoms with Crippen molar-refractivity contribution in [2.24, 2.45) is 5.84 Å². The summed E-state index contributed by atoms with van der Waals surface area (Å²) in [6.45, 7) is 5.52. The molecule has 0 spiro atoms. The van der Waals surface area contributed by atoms with E-state index in [-0.39, 0.29) is 18.2 Å². The van der Waals surface area contributed by atoms with Gasteiger partial charge in [0.2, 0.25) is 11.8 Å². The number of nitrogens with one attached hydrogen (secondary N) is 2. The molecular formula is C17H26N4O4. The number of carbonyl (C=O) groups is 2. The second-order valence-electron chi connectivity index (χ2n) is 5.74. The Morgan fingerprint density at radius 1 is 1.36 bits per heavy atom. The SMILES string of the molecule is CCOCCOc1ccc(CN2CCNC(=O)C2CC(=O)NN)cc1. The van der Waals surface area contributed by atoms with Gasteiger partial charge in [0.15, 0.2) is 0 Å². The summed E-state index contributed by atoms with van der Waals surface area (Å²) in [5, 5.41) is 2.79. The zero-order chi connectivity index (χ0) is 18.1. The van der Waals surface area contributed by atoms with Gasteiger partial charge >= 0.3 is 0 Å². The lowest BCUT2D eigenvalue weighted by Gasteiger charge is -2.34. The molecule has 0 aliphatic carbocycles. The molecule has 1 fully saturated rings. The minimum absolute atomic E-state index is 0.0426. The highest BCUT2D eigenvalue weighted by molar-refractivity contribution is 5.88. The average molecular weight is 350 g/mol. The maximum Gasteiger partial charge on any atom is 0.237 e. The zero-order valence-electron chi connectivity index (χ0n) is 14.5. The number of benzene rings is 1. The van der Waals surface area contributed by atoms with Crippen LogP contribution in [0.1, 0.15) is 18.9 Å². The highest BCUT2D eigenvalue weighted by Crippen LogP contribution is 2.17. The van der Waals surface area contributed by atoms with Gasteiger partial charge in [0.25, 0.3) is 0 Å². The Morgan fingerprint density at radius 2 is 2.12 bits per heavy atom. The third-order valence-corrected chi connectivity index (χ3v) is 3.99. The molecule has 1 heterocycles. The third-order valence-electron chi connectivity index (χ3n) is 3.99.